The number of amides is 1. The number of benzene rings is 1. The van der Waals surface area contributed by atoms with E-state index in [0.29, 0.717) is 0 Å². The van der Waals surface area contributed by atoms with Gasteiger partial charge in [-0.3, -0.25) is 9.59 Å². The predicted octanol–water partition coefficient (Wildman–Crippen LogP) is 2.25. The number of aliphatic carboxylic acids is 1. The first kappa shape index (κ1) is 13.6. The van der Waals surface area contributed by atoms with E-state index in [0.717, 1.165) is 5.56 Å². The van der Waals surface area contributed by atoms with Gasteiger partial charge in [-0.25, -0.2) is 0 Å². The summed E-state index contributed by atoms with van der Waals surface area (Å²) in [7, 11) is 0. The van der Waals surface area contributed by atoms with Crippen molar-refractivity contribution in [1.29, 1.82) is 0 Å². The highest BCUT2D eigenvalue weighted by Gasteiger charge is 2.38. The Bertz CT molecular complexity index is 499. The topological polar surface area (TPSA) is 66.4 Å². The second-order valence-electron chi connectivity index (χ2n) is 6.07. The maximum absolute atomic E-state index is 11.4. The van der Waals surface area contributed by atoms with E-state index in [9.17, 15) is 9.59 Å². The lowest BCUT2D eigenvalue weighted by atomic mass is 9.85. The number of carbonyl (C=O) groups is 2. The fourth-order valence-corrected chi connectivity index (χ4v) is 2.39. The minimum absolute atomic E-state index is 0.0566. The van der Waals surface area contributed by atoms with Crippen LogP contribution in [-0.4, -0.2) is 17.0 Å². The molecule has 0 saturated carbocycles. The highest BCUT2D eigenvalue weighted by Crippen LogP contribution is 2.32. The Morgan fingerprint density at radius 3 is 2.32 bits per heavy atom. The SMILES string of the molecule is CC(C)(C)c1ccc(C2NC(=O)CC2C(=O)O)cc1. The van der Waals surface area contributed by atoms with Gasteiger partial charge in [0.05, 0.1) is 12.0 Å². The molecular formula is C15H19NO3. The molecule has 2 N–H and O–H groups in total. The van der Waals surface area contributed by atoms with Crippen molar-refractivity contribution in [1.82, 2.24) is 5.32 Å². The zero-order valence-corrected chi connectivity index (χ0v) is 11.4. The van der Waals surface area contributed by atoms with Crippen molar-refractivity contribution in [2.75, 3.05) is 0 Å². The normalized spacial score (nSPS) is 23.2. The quantitative estimate of drug-likeness (QED) is 0.858. The van der Waals surface area contributed by atoms with Crippen LogP contribution in [-0.2, 0) is 15.0 Å². The molecule has 0 bridgehead atoms. The zero-order valence-electron chi connectivity index (χ0n) is 11.4. The average Bonchev–Trinajstić information content (AvgIpc) is 2.70. The molecule has 0 spiro atoms. The van der Waals surface area contributed by atoms with E-state index in [-0.39, 0.29) is 17.7 Å². The molecule has 102 valence electrons. The molecule has 19 heavy (non-hydrogen) atoms. The smallest absolute Gasteiger partial charge is 0.309 e. The Hall–Kier alpha value is -1.84. The van der Waals surface area contributed by atoms with Crippen molar-refractivity contribution >= 4 is 11.9 Å². The van der Waals surface area contributed by atoms with Crippen molar-refractivity contribution in [3.05, 3.63) is 35.4 Å². The summed E-state index contributed by atoms with van der Waals surface area (Å²) < 4.78 is 0. The van der Waals surface area contributed by atoms with E-state index in [1.54, 1.807) is 0 Å². The van der Waals surface area contributed by atoms with E-state index < -0.39 is 17.9 Å². The van der Waals surface area contributed by atoms with Gasteiger partial charge < -0.3 is 10.4 Å². The zero-order chi connectivity index (χ0) is 14.2. The minimum atomic E-state index is -0.928. The van der Waals surface area contributed by atoms with E-state index in [1.165, 1.54) is 5.56 Å². The summed E-state index contributed by atoms with van der Waals surface area (Å²) in [6.07, 6.45) is 0.0566. The number of nitrogens with one attached hydrogen (secondary N) is 1. The average molecular weight is 261 g/mol. The van der Waals surface area contributed by atoms with Crippen LogP contribution in [0.3, 0.4) is 0 Å². The standard InChI is InChI=1S/C15H19NO3/c1-15(2,3)10-6-4-9(5-7-10)13-11(14(18)19)8-12(17)16-13/h4-7,11,13H,8H2,1-3H3,(H,16,17)(H,18,19). The fraction of sp³-hybridized carbons (Fsp3) is 0.467. The molecule has 1 aromatic carbocycles. The monoisotopic (exact) mass is 261 g/mol. The highest BCUT2D eigenvalue weighted by molar-refractivity contribution is 5.87. The first-order valence-electron chi connectivity index (χ1n) is 6.41. The van der Waals surface area contributed by atoms with Crippen molar-refractivity contribution in [3.8, 4) is 0 Å². The van der Waals surface area contributed by atoms with E-state index in [4.69, 9.17) is 5.11 Å². The summed E-state index contributed by atoms with van der Waals surface area (Å²) in [5.74, 6) is -1.80. The summed E-state index contributed by atoms with van der Waals surface area (Å²) in [5.41, 5.74) is 2.10. The molecule has 2 atom stereocenters. The van der Waals surface area contributed by atoms with E-state index >= 15 is 0 Å². The van der Waals surface area contributed by atoms with Crippen molar-refractivity contribution in [2.45, 2.75) is 38.6 Å². The first-order valence-corrected chi connectivity index (χ1v) is 6.41. The van der Waals surface area contributed by atoms with E-state index in [1.807, 2.05) is 24.3 Å². The Morgan fingerprint density at radius 2 is 1.84 bits per heavy atom. The van der Waals surface area contributed by atoms with Gasteiger partial charge in [0.1, 0.15) is 0 Å². The van der Waals surface area contributed by atoms with Gasteiger partial charge in [-0.05, 0) is 16.5 Å². The number of rotatable bonds is 2. The van der Waals surface area contributed by atoms with Crippen LogP contribution in [0.25, 0.3) is 0 Å². The lowest BCUT2D eigenvalue weighted by Crippen LogP contribution is -2.24. The van der Waals surface area contributed by atoms with Gasteiger partial charge in [-0.2, -0.15) is 0 Å². The number of carboxylic acids is 1. The summed E-state index contributed by atoms with van der Waals surface area (Å²) in [4.78, 5) is 22.6. The van der Waals surface area contributed by atoms with Crippen LogP contribution in [0, 0.1) is 5.92 Å². The largest absolute Gasteiger partial charge is 0.481 e. The van der Waals surface area contributed by atoms with Crippen molar-refractivity contribution in [3.63, 3.8) is 0 Å². The van der Waals surface area contributed by atoms with Gasteiger partial charge in [-0.15, -0.1) is 0 Å². The molecule has 4 heteroatoms. The fourth-order valence-electron chi connectivity index (χ4n) is 2.39. The van der Waals surface area contributed by atoms with Gasteiger partial charge in [-0.1, -0.05) is 45.0 Å². The van der Waals surface area contributed by atoms with Gasteiger partial charge in [0.25, 0.3) is 0 Å². The molecule has 1 saturated heterocycles. The van der Waals surface area contributed by atoms with Crippen LogP contribution < -0.4 is 5.32 Å². The molecule has 1 aromatic rings. The molecule has 0 aliphatic carbocycles. The molecule has 0 aromatic heterocycles. The molecule has 1 aliphatic heterocycles. The van der Waals surface area contributed by atoms with Gasteiger partial charge in [0, 0.05) is 6.42 Å². The molecule has 1 amide bonds. The number of hydrogen-bond donors (Lipinski definition) is 2. The molecule has 2 unspecified atom stereocenters. The highest BCUT2D eigenvalue weighted by atomic mass is 16.4. The van der Waals surface area contributed by atoms with Crippen LogP contribution in [0.15, 0.2) is 24.3 Å². The second-order valence-corrected chi connectivity index (χ2v) is 6.07. The molecule has 2 rings (SSSR count). The van der Waals surface area contributed by atoms with Gasteiger partial charge >= 0.3 is 5.97 Å². The lowest BCUT2D eigenvalue weighted by Gasteiger charge is -2.21. The summed E-state index contributed by atoms with van der Waals surface area (Å²) in [6, 6.07) is 7.40. The summed E-state index contributed by atoms with van der Waals surface area (Å²) >= 11 is 0. The second kappa shape index (κ2) is 4.68. The Balaban J connectivity index is 2.27. The summed E-state index contributed by atoms with van der Waals surface area (Å²) in [5, 5.41) is 11.9. The minimum Gasteiger partial charge on any atom is -0.481 e. The number of hydrogen-bond acceptors (Lipinski definition) is 2. The van der Waals surface area contributed by atoms with Crippen molar-refractivity contribution < 1.29 is 14.7 Å². The molecule has 4 nitrogen and oxygen atoms in total. The molecule has 1 fully saturated rings. The van der Waals surface area contributed by atoms with Crippen LogP contribution in [0.1, 0.15) is 44.4 Å². The van der Waals surface area contributed by atoms with Crippen LogP contribution in [0.5, 0.6) is 0 Å². The predicted molar refractivity (Wildman–Crippen MR) is 71.8 cm³/mol. The third kappa shape index (κ3) is 2.78. The maximum Gasteiger partial charge on any atom is 0.309 e. The van der Waals surface area contributed by atoms with Crippen LogP contribution >= 0.6 is 0 Å². The Kier molecular flexibility index (Phi) is 3.35. The number of carbonyl (C=O) groups excluding carboxylic acids is 1. The Morgan fingerprint density at radius 1 is 1.26 bits per heavy atom. The van der Waals surface area contributed by atoms with Gasteiger partial charge in [0.15, 0.2) is 0 Å². The maximum atomic E-state index is 11.4. The van der Waals surface area contributed by atoms with Crippen LogP contribution in [0.2, 0.25) is 0 Å². The van der Waals surface area contributed by atoms with E-state index in [2.05, 4.69) is 26.1 Å². The molecule has 0 radical (unpaired) electrons. The molecular weight excluding hydrogens is 242 g/mol. The van der Waals surface area contributed by atoms with Gasteiger partial charge in [0.2, 0.25) is 5.91 Å². The number of carboxylic acid groups (broad SMARTS) is 1. The van der Waals surface area contributed by atoms with Crippen LogP contribution in [0.4, 0.5) is 0 Å². The third-order valence-electron chi connectivity index (χ3n) is 3.58. The molecule has 1 aliphatic rings. The summed E-state index contributed by atoms with van der Waals surface area (Å²) in [6.45, 7) is 6.37. The molecule has 1 heterocycles. The first-order chi connectivity index (χ1) is 8.79. The lowest BCUT2D eigenvalue weighted by molar-refractivity contribution is -0.142. The van der Waals surface area contributed by atoms with Crippen molar-refractivity contribution in [2.24, 2.45) is 5.92 Å². The third-order valence-corrected chi connectivity index (χ3v) is 3.58. The Labute approximate surface area is 112 Å².